The van der Waals surface area contributed by atoms with Crippen molar-refractivity contribution in [3.63, 3.8) is 0 Å². The molecule has 0 spiro atoms. The molecule has 5 nitrogen and oxygen atoms in total. The van der Waals surface area contributed by atoms with Crippen molar-refractivity contribution in [2.45, 2.75) is 38.3 Å². The Kier molecular flexibility index (Phi) is 3.47. The third-order valence-electron chi connectivity index (χ3n) is 2.68. The van der Waals surface area contributed by atoms with E-state index in [0.717, 1.165) is 18.2 Å². The second-order valence-corrected chi connectivity index (χ2v) is 5.25. The molecule has 2 rings (SSSR count). The summed E-state index contributed by atoms with van der Waals surface area (Å²) in [6, 6.07) is 2.58. The Hall–Kier alpha value is -1.36. The van der Waals surface area contributed by atoms with Gasteiger partial charge in [0.25, 0.3) is 0 Å². The van der Waals surface area contributed by atoms with E-state index in [1.54, 1.807) is 6.33 Å². The van der Waals surface area contributed by atoms with Gasteiger partial charge >= 0.3 is 0 Å². The van der Waals surface area contributed by atoms with Crippen molar-refractivity contribution < 1.29 is 0 Å². The quantitative estimate of drug-likeness (QED) is 0.697. The van der Waals surface area contributed by atoms with E-state index in [2.05, 4.69) is 39.8 Å². The van der Waals surface area contributed by atoms with Crippen LogP contribution in [0.4, 0.5) is 11.6 Å². The van der Waals surface area contributed by atoms with E-state index in [9.17, 15) is 0 Å². The van der Waals surface area contributed by atoms with Crippen LogP contribution >= 0.6 is 0 Å². The lowest BCUT2D eigenvalue weighted by Gasteiger charge is -2.26. The van der Waals surface area contributed by atoms with E-state index < -0.39 is 0 Å². The predicted octanol–water partition coefficient (Wildman–Crippen LogP) is 1.46. The molecule has 1 aromatic heterocycles. The van der Waals surface area contributed by atoms with E-state index >= 15 is 0 Å². The zero-order valence-corrected chi connectivity index (χ0v) is 10.7. The van der Waals surface area contributed by atoms with Gasteiger partial charge in [0, 0.05) is 24.2 Å². The van der Waals surface area contributed by atoms with Gasteiger partial charge in [-0.05, 0) is 33.7 Å². The first-order valence-corrected chi connectivity index (χ1v) is 6.10. The maximum Gasteiger partial charge on any atom is 0.131 e. The molecule has 1 aliphatic carbocycles. The fourth-order valence-electron chi connectivity index (χ4n) is 1.77. The number of rotatable bonds is 6. The molecular formula is C12H21N5. The molecule has 0 bridgehead atoms. The Balaban J connectivity index is 1.99. The van der Waals surface area contributed by atoms with Gasteiger partial charge in [-0.1, -0.05) is 0 Å². The van der Waals surface area contributed by atoms with Gasteiger partial charge in [-0.25, -0.2) is 9.97 Å². The fourth-order valence-corrected chi connectivity index (χ4v) is 1.77. The molecule has 0 aliphatic heterocycles. The average Bonchev–Trinajstić information content (AvgIpc) is 3.01. The first kappa shape index (κ1) is 12.1. The summed E-state index contributed by atoms with van der Waals surface area (Å²) < 4.78 is 0. The number of nitrogens with one attached hydrogen (secondary N) is 3. The number of nitrogens with zero attached hydrogens (tertiary/aromatic N) is 2. The average molecular weight is 235 g/mol. The van der Waals surface area contributed by atoms with Crippen LogP contribution in [0.15, 0.2) is 12.4 Å². The number of likely N-dealkylation sites (N-methyl/N-ethyl adjacent to an activating group) is 1. The molecule has 1 fully saturated rings. The fraction of sp³-hybridized carbons (Fsp3) is 0.667. The SMILES string of the molecule is CNCC(C)(C)Nc1cc(NC2CC2)ncn1. The minimum atomic E-state index is -0.0278. The van der Waals surface area contributed by atoms with E-state index in [-0.39, 0.29) is 5.54 Å². The normalized spacial score (nSPS) is 15.7. The summed E-state index contributed by atoms with van der Waals surface area (Å²) in [6.07, 6.45) is 4.10. The van der Waals surface area contributed by atoms with Gasteiger partial charge < -0.3 is 16.0 Å². The van der Waals surface area contributed by atoms with E-state index in [1.807, 2.05) is 13.1 Å². The molecular weight excluding hydrogens is 214 g/mol. The Bertz CT molecular complexity index is 373. The van der Waals surface area contributed by atoms with Crippen LogP contribution in [0.3, 0.4) is 0 Å². The molecule has 0 radical (unpaired) electrons. The first-order valence-electron chi connectivity index (χ1n) is 6.10. The summed E-state index contributed by atoms with van der Waals surface area (Å²) in [7, 11) is 1.95. The molecule has 5 heteroatoms. The van der Waals surface area contributed by atoms with Crippen LogP contribution in [0.1, 0.15) is 26.7 Å². The van der Waals surface area contributed by atoms with Gasteiger partial charge in [0.15, 0.2) is 0 Å². The number of hydrogen-bond acceptors (Lipinski definition) is 5. The highest BCUT2D eigenvalue weighted by Crippen LogP contribution is 2.24. The highest BCUT2D eigenvalue weighted by Gasteiger charge is 2.22. The van der Waals surface area contributed by atoms with Crippen LogP contribution < -0.4 is 16.0 Å². The van der Waals surface area contributed by atoms with Crippen LogP contribution in [-0.2, 0) is 0 Å². The Morgan fingerprint density at radius 3 is 2.65 bits per heavy atom. The second kappa shape index (κ2) is 4.87. The third kappa shape index (κ3) is 3.85. The molecule has 0 atom stereocenters. The summed E-state index contributed by atoms with van der Waals surface area (Å²) in [4.78, 5) is 8.46. The van der Waals surface area contributed by atoms with Gasteiger partial charge in [-0.2, -0.15) is 0 Å². The van der Waals surface area contributed by atoms with Crippen molar-refractivity contribution in [2.24, 2.45) is 0 Å². The van der Waals surface area contributed by atoms with Crippen molar-refractivity contribution in [2.75, 3.05) is 24.2 Å². The minimum Gasteiger partial charge on any atom is -0.367 e. The Morgan fingerprint density at radius 2 is 2.00 bits per heavy atom. The smallest absolute Gasteiger partial charge is 0.131 e. The lowest BCUT2D eigenvalue weighted by molar-refractivity contribution is 0.528. The topological polar surface area (TPSA) is 61.9 Å². The molecule has 1 heterocycles. The largest absolute Gasteiger partial charge is 0.367 e. The summed E-state index contributed by atoms with van der Waals surface area (Å²) >= 11 is 0. The van der Waals surface area contributed by atoms with Crippen molar-refractivity contribution in [1.29, 1.82) is 0 Å². The van der Waals surface area contributed by atoms with Gasteiger partial charge in [-0.15, -0.1) is 0 Å². The maximum atomic E-state index is 4.24. The Morgan fingerprint density at radius 1 is 1.29 bits per heavy atom. The minimum absolute atomic E-state index is 0.0278. The zero-order valence-electron chi connectivity index (χ0n) is 10.7. The van der Waals surface area contributed by atoms with Crippen molar-refractivity contribution in [3.8, 4) is 0 Å². The molecule has 94 valence electrons. The van der Waals surface area contributed by atoms with Crippen LogP contribution in [-0.4, -0.2) is 35.1 Å². The number of hydrogen-bond donors (Lipinski definition) is 3. The third-order valence-corrected chi connectivity index (χ3v) is 2.68. The van der Waals surface area contributed by atoms with Crippen LogP contribution in [0.25, 0.3) is 0 Å². The second-order valence-electron chi connectivity index (χ2n) is 5.25. The molecule has 0 saturated heterocycles. The highest BCUT2D eigenvalue weighted by molar-refractivity contribution is 5.48. The van der Waals surface area contributed by atoms with E-state index in [0.29, 0.717) is 6.04 Å². The lowest BCUT2D eigenvalue weighted by atomic mass is 10.1. The standard InChI is InChI=1S/C12H21N5/c1-12(2,7-13-3)17-11-6-10(14-8-15-11)16-9-4-5-9/h6,8-9,13H,4-5,7H2,1-3H3,(H2,14,15,16,17). The summed E-state index contributed by atoms with van der Waals surface area (Å²) in [5.74, 6) is 1.77. The van der Waals surface area contributed by atoms with Crippen LogP contribution in [0.2, 0.25) is 0 Å². The first-order chi connectivity index (χ1) is 8.09. The molecule has 17 heavy (non-hydrogen) atoms. The molecule has 1 saturated carbocycles. The van der Waals surface area contributed by atoms with E-state index in [1.165, 1.54) is 12.8 Å². The van der Waals surface area contributed by atoms with Crippen molar-refractivity contribution >= 4 is 11.6 Å². The predicted molar refractivity (Wildman–Crippen MR) is 70.3 cm³/mol. The molecule has 1 aliphatic rings. The van der Waals surface area contributed by atoms with Crippen molar-refractivity contribution in [3.05, 3.63) is 12.4 Å². The maximum absolute atomic E-state index is 4.24. The lowest BCUT2D eigenvalue weighted by Crippen LogP contribution is -2.40. The molecule has 3 N–H and O–H groups in total. The van der Waals surface area contributed by atoms with Gasteiger partial charge in [0.05, 0.1) is 0 Å². The molecule has 0 unspecified atom stereocenters. The number of anilines is 2. The Labute approximate surface area is 102 Å². The number of aromatic nitrogens is 2. The van der Waals surface area contributed by atoms with Crippen molar-refractivity contribution in [1.82, 2.24) is 15.3 Å². The summed E-state index contributed by atoms with van der Waals surface area (Å²) in [6.45, 7) is 5.15. The van der Waals surface area contributed by atoms with Gasteiger partial charge in [0.2, 0.25) is 0 Å². The highest BCUT2D eigenvalue weighted by atomic mass is 15.1. The van der Waals surface area contributed by atoms with Crippen LogP contribution in [0.5, 0.6) is 0 Å². The van der Waals surface area contributed by atoms with E-state index in [4.69, 9.17) is 0 Å². The van der Waals surface area contributed by atoms with Crippen LogP contribution in [0, 0.1) is 0 Å². The molecule has 1 aromatic rings. The van der Waals surface area contributed by atoms with Gasteiger partial charge in [-0.3, -0.25) is 0 Å². The summed E-state index contributed by atoms with van der Waals surface area (Å²) in [5, 5.41) is 9.93. The molecule has 0 amide bonds. The zero-order chi connectivity index (χ0) is 12.3. The summed E-state index contributed by atoms with van der Waals surface area (Å²) in [5.41, 5.74) is -0.0278. The monoisotopic (exact) mass is 235 g/mol. The molecule has 0 aromatic carbocycles. The van der Waals surface area contributed by atoms with Gasteiger partial charge in [0.1, 0.15) is 18.0 Å².